The van der Waals surface area contributed by atoms with E-state index in [4.69, 9.17) is 5.11 Å². The quantitative estimate of drug-likeness (QED) is 0.271. The van der Waals surface area contributed by atoms with E-state index in [1.165, 1.54) is 70.6 Å². The molecular formula is C18H37NO2. The molecule has 3 nitrogen and oxygen atoms in total. The van der Waals surface area contributed by atoms with E-state index >= 15 is 0 Å². The average molecular weight is 299 g/mol. The first-order valence-corrected chi connectivity index (χ1v) is 9.25. The van der Waals surface area contributed by atoms with Crippen molar-refractivity contribution in [1.29, 1.82) is 0 Å². The normalized spacial score (nSPS) is 12.5. The van der Waals surface area contributed by atoms with E-state index in [9.17, 15) is 4.91 Å². The molecule has 0 spiro atoms. The summed E-state index contributed by atoms with van der Waals surface area (Å²) in [5.74, 6) is 0.589. The Bertz CT molecular complexity index is 209. The number of hydrogen-bond acceptors (Lipinski definition) is 3. The van der Waals surface area contributed by atoms with Gasteiger partial charge in [-0.2, -0.15) is 4.91 Å². The first kappa shape index (κ1) is 20.6. The van der Waals surface area contributed by atoms with Gasteiger partial charge in [0.25, 0.3) is 0 Å². The molecule has 1 N–H and O–H groups in total. The van der Waals surface area contributed by atoms with Gasteiger partial charge in [0.15, 0.2) is 0 Å². The summed E-state index contributed by atoms with van der Waals surface area (Å²) in [5.41, 5.74) is 0. The second-order valence-corrected chi connectivity index (χ2v) is 6.34. The molecule has 1 atom stereocenters. The number of aliphatic hydroxyl groups excluding tert-OH is 1. The van der Waals surface area contributed by atoms with Crippen LogP contribution in [-0.2, 0) is 0 Å². The number of hydrogen-bond donors (Lipinski definition) is 1. The summed E-state index contributed by atoms with van der Waals surface area (Å²) in [7, 11) is 0. The highest BCUT2D eigenvalue weighted by atomic mass is 16.3. The third-order valence-corrected chi connectivity index (χ3v) is 4.37. The molecule has 0 aliphatic heterocycles. The number of aliphatic hydroxyl groups is 1. The molecule has 3 heteroatoms. The van der Waals surface area contributed by atoms with Gasteiger partial charge in [0.2, 0.25) is 0 Å². The van der Waals surface area contributed by atoms with Crippen LogP contribution < -0.4 is 0 Å². The second kappa shape index (κ2) is 17.6. The van der Waals surface area contributed by atoms with Gasteiger partial charge >= 0.3 is 0 Å². The van der Waals surface area contributed by atoms with E-state index in [1.54, 1.807) is 0 Å². The molecule has 0 aromatic heterocycles. The van der Waals surface area contributed by atoms with Gasteiger partial charge in [0.1, 0.15) is 0 Å². The van der Waals surface area contributed by atoms with Crippen LogP contribution in [0.1, 0.15) is 96.8 Å². The van der Waals surface area contributed by atoms with E-state index in [0.29, 0.717) is 12.5 Å². The lowest BCUT2D eigenvalue weighted by atomic mass is 9.93. The van der Waals surface area contributed by atoms with Crippen LogP contribution in [0, 0.1) is 10.8 Å². The summed E-state index contributed by atoms with van der Waals surface area (Å²) in [6.45, 7) is 2.97. The molecule has 0 rings (SSSR count). The summed E-state index contributed by atoms with van der Waals surface area (Å²) < 4.78 is 0. The SMILES string of the molecule is CCCCCCCCCCCCC(CCO)CCCN=O. The maximum Gasteiger partial charge on any atom is 0.0811 e. The number of rotatable bonds is 17. The van der Waals surface area contributed by atoms with Gasteiger partial charge in [-0.25, -0.2) is 0 Å². The maximum absolute atomic E-state index is 10.1. The molecule has 0 aliphatic rings. The van der Waals surface area contributed by atoms with Gasteiger partial charge in [0, 0.05) is 6.61 Å². The lowest BCUT2D eigenvalue weighted by Gasteiger charge is -2.14. The van der Waals surface area contributed by atoms with Crippen molar-refractivity contribution in [3.63, 3.8) is 0 Å². The third-order valence-electron chi connectivity index (χ3n) is 4.37. The molecule has 0 aliphatic carbocycles. The fourth-order valence-electron chi connectivity index (χ4n) is 2.98. The lowest BCUT2D eigenvalue weighted by molar-refractivity contribution is 0.242. The van der Waals surface area contributed by atoms with Crippen LogP contribution in [-0.4, -0.2) is 18.3 Å². The molecule has 0 saturated carbocycles. The second-order valence-electron chi connectivity index (χ2n) is 6.34. The van der Waals surface area contributed by atoms with Crippen LogP contribution in [0.3, 0.4) is 0 Å². The molecule has 21 heavy (non-hydrogen) atoms. The summed E-state index contributed by atoms with van der Waals surface area (Å²) >= 11 is 0. The predicted octanol–water partition coefficient (Wildman–Crippen LogP) is 5.84. The monoisotopic (exact) mass is 299 g/mol. The summed E-state index contributed by atoms with van der Waals surface area (Å²) in [6.07, 6.45) is 17.7. The van der Waals surface area contributed by atoms with Crippen molar-refractivity contribution in [3.05, 3.63) is 4.91 Å². The van der Waals surface area contributed by atoms with Crippen molar-refractivity contribution < 1.29 is 5.11 Å². The predicted molar refractivity (Wildman–Crippen MR) is 91.5 cm³/mol. The third kappa shape index (κ3) is 15.8. The number of nitrogens with zero attached hydrogens (tertiary/aromatic N) is 1. The van der Waals surface area contributed by atoms with Crippen LogP contribution in [0.4, 0.5) is 0 Å². The van der Waals surface area contributed by atoms with Gasteiger partial charge in [-0.1, -0.05) is 82.7 Å². The highest BCUT2D eigenvalue weighted by molar-refractivity contribution is 4.61. The number of nitroso groups, excluding NO2 is 1. The highest BCUT2D eigenvalue weighted by Crippen LogP contribution is 2.20. The van der Waals surface area contributed by atoms with Gasteiger partial charge in [-0.3, -0.25) is 0 Å². The minimum atomic E-state index is 0.275. The average Bonchev–Trinajstić information content (AvgIpc) is 2.49. The first-order chi connectivity index (χ1) is 10.3. The van der Waals surface area contributed by atoms with Crippen molar-refractivity contribution in [2.24, 2.45) is 11.1 Å². The minimum absolute atomic E-state index is 0.275. The van der Waals surface area contributed by atoms with Gasteiger partial charge in [-0.05, 0) is 25.2 Å². The molecular weight excluding hydrogens is 262 g/mol. The lowest BCUT2D eigenvalue weighted by Crippen LogP contribution is -2.04. The van der Waals surface area contributed by atoms with E-state index in [2.05, 4.69) is 12.1 Å². The van der Waals surface area contributed by atoms with Crippen molar-refractivity contribution in [2.75, 3.05) is 13.2 Å². The van der Waals surface area contributed by atoms with E-state index in [0.717, 1.165) is 19.3 Å². The van der Waals surface area contributed by atoms with Crippen LogP contribution >= 0.6 is 0 Å². The fraction of sp³-hybridized carbons (Fsp3) is 1.00. The van der Waals surface area contributed by atoms with Crippen molar-refractivity contribution in [3.8, 4) is 0 Å². The zero-order chi connectivity index (χ0) is 15.6. The topological polar surface area (TPSA) is 49.7 Å². The van der Waals surface area contributed by atoms with Crippen LogP contribution in [0.2, 0.25) is 0 Å². The molecule has 0 saturated heterocycles. The van der Waals surface area contributed by atoms with E-state index < -0.39 is 0 Å². The van der Waals surface area contributed by atoms with Crippen LogP contribution in [0.5, 0.6) is 0 Å². The molecule has 0 aromatic rings. The van der Waals surface area contributed by atoms with Crippen LogP contribution in [0.25, 0.3) is 0 Å². The Morgan fingerprint density at radius 1 is 0.762 bits per heavy atom. The summed E-state index contributed by atoms with van der Waals surface area (Å²) in [4.78, 5) is 10.1. The Morgan fingerprint density at radius 3 is 1.81 bits per heavy atom. The standard InChI is InChI=1S/C18H37NO2/c1-2-3-4-5-6-7-8-9-10-11-13-18(15-17-20)14-12-16-19-21/h18,20H,2-17H2,1H3. The Kier molecular flexibility index (Phi) is 17.2. The minimum Gasteiger partial charge on any atom is -0.396 e. The fourth-order valence-corrected chi connectivity index (χ4v) is 2.98. The summed E-state index contributed by atoms with van der Waals surface area (Å²) in [6, 6.07) is 0. The molecule has 0 heterocycles. The maximum atomic E-state index is 10.1. The zero-order valence-corrected chi connectivity index (χ0v) is 14.2. The smallest absolute Gasteiger partial charge is 0.0811 e. The van der Waals surface area contributed by atoms with E-state index in [-0.39, 0.29) is 6.61 Å². The van der Waals surface area contributed by atoms with Crippen molar-refractivity contribution in [2.45, 2.75) is 96.8 Å². The Morgan fingerprint density at radius 2 is 1.29 bits per heavy atom. The van der Waals surface area contributed by atoms with Crippen LogP contribution in [0.15, 0.2) is 5.18 Å². The largest absolute Gasteiger partial charge is 0.396 e. The Balaban J connectivity index is 3.34. The van der Waals surface area contributed by atoms with Crippen molar-refractivity contribution >= 4 is 0 Å². The Labute approximate surface area is 131 Å². The molecule has 126 valence electrons. The first-order valence-electron chi connectivity index (χ1n) is 9.25. The molecule has 0 aromatic carbocycles. The molecule has 1 unspecified atom stereocenters. The van der Waals surface area contributed by atoms with Gasteiger partial charge in [0.05, 0.1) is 6.54 Å². The van der Waals surface area contributed by atoms with E-state index in [1.807, 2.05) is 0 Å². The van der Waals surface area contributed by atoms with Crippen molar-refractivity contribution in [1.82, 2.24) is 0 Å². The number of unbranched alkanes of at least 4 members (excludes halogenated alkanes) is 9. The van der Waals surface area contributed by atoms with Gasteiger partial charge in [-0.15, -0.1) is 0 Å². The Hall–Kier alpha value is -0.440. The molecule has 0 radical (unpaired) electrons. The molecule has 0 amide bonds. The molecule has 0 fully saturated rings. The highest BCUT2D eigenvalue weighted by Gasteiger charge is 2.07. The van der Waals surface area contributed by atoms with Gasteiger partial charge < -0.3 is 5.11 Å². The zero-order valence-electron chi connectivity index (χ0n) is 14.2. The molecule has 0 bridgehead atoms. The summed E-state index contributed by atoms with van der Waals surface area (Å²) in [5, 5.41) is 12.0.